The van der Waals surface area contributed by atoms with Crippen LogP contribution in [0.25, 0.3) is 0 Å². The lowest BCUT2D eigenvalue weighted by Crippen LogP contribution is -2.43. The quantitative estimate of drug-likeness (QED) is 0.645. The zero-order valence-corrected chi connectivity index (χ0v) is 11.8. The lowest BCUT2D eigenvalue weighted by atomic mass is 9.66. The van der Waals surface area contributed by atoms with E-state index in [9.17, 15) is 0 Å². The molecule has 0 aromatic rings. The van der Waals surface area contributed by atoms with Crippen LogP contribution in [0.2, 0.25) is 0 Å². The summed E-state index contributed by atoms with van der Waals surface area (Å²) in [4.78, 5) is 0. The largest absolute Gasteiger partial charge is 0.375 e. The average molecular weight is 246 g/mol. The molecule has 3 rings (SSSR count). The highest BCUT2D eigenvalue weighted by atomic mass is 16.5. The van der Waals surface area contributed by atoms with Crippen molar-refractivity contribution in [1.29, 1.82) is 0 Å². The fourth-order valence-corrected chi connectivity index (χ4v) is 4.30. The van der Waals surface area contributed by atoms with Crippen LogP contribution < -0.4 is 0 Å². The van der Waals surface area contributed by atoms with Gasteiger partial charge in [-0.3, -0.25) is 0 Å². The molecule has 0 aromatic heterocycles. The van der Waals surface area contributed by atoms with E-state index in [2.05, 4.69) is 26.0 Å². The molecular formula is C17H26O. The summed E-state index contributed by atoms with van der Waals surface area (Å²) < 4.78 is 6.29. The maximum atomic E-state index is 6.29. The van der Waals surface area contributed by atoms with Crippen LogP contribution in [0.1, 0.15) is 58.8 Å². The molecule has 1 unspecified atom stereocenters. The topological polar surface area (TPSA) is 9.23 Å². The first-order valence-electron chi connectivity index (χ1n) is 7.84. The van der Waals surface area contributed by atoms with E-state index in [-0.39, 0.29) is 0 Å². The number of allylic oxidation sites excluding steroid dienone is 4. The van der Waals surface area contributed by atoms with Gasteiger partial charge in [0.15, 0.2) is 0 Å². The summed E-state index contributed by atoms with van der Waals surface area (Å²) in [6.45, 7) is 4.57. The third kappa shape index (κ3) is 2.07. The first-order chi connectivity index (χ1) is 8.83. The van der Waals surface area contributed by atoms with E-state index in [0.29, 0.717) is 12.2 Å². The normalized spacial score (nSPS) is 39.4. The molecule has 100 valence electrons. The molecule has 0 aromatic carbocycles. The summed E-state index contributed by atoms with van der Waals surface area (Å²) in [7, 11) is 0. The second-order valence-corrected chi connectivity index (χ2v) is 6.17. The smallest absolute Gasteiger partial charge is 0.0610 e. The number of fused-ring (bicyclic) bond motifs is 2. The van der Waals surface area contributed by atoms with Crippen molar-refractivity contribution in [3.63, 3.8) is 0 Å². The van der Waals surface area contributed by atoms with Gasteiger partial charge >= 0.3 is 0 Å². The summed E-state index contributed by atoms with van der Waals surface area (Å²) in [5.74, 6) is 1.64. The van der Waals surface area contributed by atoms with Crippen molar-refractivity contribution in [3.8, 4) is 0 Å². The Balaban J connectivity index is 1.86. The maximum Gasteiger partial charge on any atom is 0.0610 e. The Morgan fingerprint density at radius 1 is 1.17 bits per heavy atom. The van der Waals surface area contributed by atoms with Gasteiger partial charge in [-0.25, -0.2) is 0 Å². The van der Waals surface area contributed by atoms with Crippen molar-refractivity contribution in [2.75, 3.05) is 0 Å². The Hall–Kier alpha value is -0.560. The Labute approximate surface area is 111 Å². The van der Waals surface area contributed by atoms with Crippen LogP contribution in [0, 0.1) is 11.8 Å². The summed E-state index contributed by atoms with van der Waals surface area (Å²) >= 11 is 0. The number of rotatable bonds is 2. The fourth-order valence-electron chi connectivity index (χ4n) is 4.30. The van der Waals surface area contributed by atoms with E-state index in [4.69, 9.17) is 4.74 Å². The highest BCUT2D eigenvalue weighted by molar-refractivity contribution is 5.30. The molecule has 0 radical (unpaired) electrons. The van der Waals surface area contributed by atoms with E-state index in [1.54, 1.807) is 11.1 Å². The van der Waals surface area contributed by atoms with E-state index in [1.807, 2.05) is 0 Å². The highest BCUT2D eigenvalue weighted by Gasteiger charge is 2.41. The van der Waals surface area contributed by atoms with E-state index < -0.39 is 0 Å². The SMILES string of the molecule is CC[C@@H]1CC2C3=C(CC=CC3)CC[C@H]2[C@H](CC)O1. The summed E-state index contributed by atoms with van der Waals surface area (Å²) in [5, 5.41) is 0. The van der Waals surface area contributed by atoms with Crippen molar-refractivity contribution < 1.29 is 4.74 Å². The van der Waals surface area contributed by atoms with Crippen LogP contribution in [-0.2, 0) is 4.74 Å². The van der Waals surface area contributed by atoms with Crippen molar-refractivity contribution in [2.24, 2.45) is 11.8 Å². The predicted molar refractivity (Wildman–Crippen MR) is 75.5 cm³/mol. The van der Waals surface area contributed by atoms with Crippen LogP contribution in [-0.4, -0.2) is 12.2 Å². The van der Waals surface area contributed by atoms with Gasteiger partial charge in [-0.2, -0.15) is 0 Å². The minimum absolute atomic E-state index is 0.508. The molecule has 18 heavy (non-hydrogen) atoms. The summed E-state index contributed by atoms with van der Waals surface area (Å²) in [6, 6.07) is 0. The van der Waals surface area contributed by atoms with Crippen LogP contribution in [0.15, 0.2) is 23.3 Å². The van der Waals surface area contributed by atoms with Crippen molar-refractivity contribution >= 4 is 0 Å². The molecular weight excluding hydrogens is 220 g/mol. The Morgan fingerprint density at radius 3 is 2.78 bits per heavy atom. The molecule has 4 atom stereocenters. The summed E-state index contributed by atoms with van der Waals surface area (Å²) in [5.41, 5.74) is 3.57. The van der Waals surface area contributed by atoms with E-state index >= 15 is 0 Å². The second-order valence-electron chi connectivity index (χ2n) is 6.17. The van der Waals surface area contributed by atoms with Gasteiger partial charge in [0.05, 0.1) is 12.2 Å². The van der Waals surface area contributed by atoms with Gasteiger partial charge in [0.1, 0.15) is 0 Å². The maximum absolute atomic E-state index is 6.29. The van der Waals surface area contributed by atoms with Gasteiger partial charge in [0.25, 0.3) is 0 Å². The molecule has 0 amide bonds. The van der Waals surface area contributed by atoms with Gasteiger partial charge in [-0.15, -0.1) is 0 Å². The third-order valence-corrected chi connectivity index (χ3v) is 5.29. The fraction of sp³-hybridized carbons (Fsp3) is 0.765. The van der Waals surface area contributed by atoms with E-state index in [1.165, 1.54) is 44.9 Å². The Bertz CT molecular complexity index is 366. The Morgan fingerprint density at radius 2 is 2.00 bits per heavy atom. The molecule has 1 heterocycles. The molecule has 0 spiro atoms. The van der Waals surface area contributed by atoms with Crippen LogP contribution >= 0.6 is 0 Å². The first kappa shape index (κ1) is 12.5. The standard InChI is InChI=1S/C17H26O/c1-3-13-11-16-14-8-6-5-7-12(14)9-10-15(16)17(4-2)18-13/h5-6,13,15-17H,3-4,7-11H2,1-2H3/t13-,15-,16?,17+/m1/s1. The van der Waals surface area contributed by atoms with Crippen LogP contribution in [0.3, 0.4) is 0 Å². The molecule has 1 saturated heterocycles. The van der Waals surface area contributed by atoms with Gasteiger partial charge in [-0.1, -0.05) is 37.1 Å². The van der Waals surface area contributed by atoms with E-state index in [0.717, 1.165) is 11.8 Å². The molecule has 1 nitrogen and oxygen atoms in total. The molecule has 1 fully saturated rings. The van der Waals surface area contributed by atoms with Crippen molar-refractivity contribution in [3.05, 3.63) is 23.3 Å². The minimum atomic E-state index is 0.508. The number of hydrogen-bond donors (Lipinski definition) is 0. The molecule has 1 heteroatoms. The minimum Gasteiger partial charge on any atom is -0.375 e. The van der Waals surface area contributed by atoms with Gasteiger partial charge < -0.3 is 4.74 Å². The first-order valence-corrected chi connectivity index (χ1v) is 7.84. The number of ether oxygens (including phenoxy) is 1. The van der Waals surface area contributed by atoms with Gasteiger partial charge in [0.2, 0.25) is 0 Å². The lowest BCUT2D eigenvalue weighted by Gasteiger charge is -2.46. The van der Waals surface area contributed by atoms with Crippen molar-refractivity contribution in [1.82, 2.24) is 0 Å². The molecule has 1 aliphatic heterocycles. The number of hydrogen-bond acceptors (Lipinski definition) is 1. The Kier molecular flexibility index (Phi) is 3.61. The van der Waals surface area contributed by atoms with Crippen molar-refractivity contribution in [2.45, 2.75) is 71.0 Å². The molecule has 0 bridgehead atoms. The zero-order chi connectivity index (χ0) is 12.5. The summed E-state index contributed by atoms with van der Waals surface area (Å²) in [6.07, 6.45) is 14.6. The predicted octanol–water partition coefficient (Wildman–Crippen LogP) is 4.64. The lowest BCUT2D eigenvalue weighted by molar-refractivity contribution is -0.109. The monoisotopic (exact) mass is 246 g/mol. The molecule has 2 aliphatic carbocycles. The molecule has 0 N–H and O–H groups in total. The van der Waals surface area contributed by atoms with Crippen LogP contribution in [0.4, 0.5) is 0 Å². The van der Waals surface area contributed by atoms with Crippen LogP contribution in [0.5, 0.6) is 0 Å². The second kappa shape index (κ2) is 5.21. The van der Waals surface area contributed by atoms with Gasteiger partial charge in [-0.05, 0) is 56.8 Å². The molecule has 0 saturated carbocycles. The zero-order valence-electron chi connectivity index (χ0n) is 11.8. The molecule has 3 aliphatic rings. The highest BCUT2D eigenvalue weighted by Crippen LogP contribution is 2.48. The average Bonchev–Trinajstić information content (AvgIpc) is 2.45. The van der Waals surface area contributed by atoms with Gasteiger partial charge in [0, 0.05) is 0 Å². The third-order valence-electron chi connectivity index (χ3n) is 5.29.